The molecular formula is C13H19N3OS. The molecule has 98 valence electrons. The van der Waals surface area contributed by atoms with Crippen molar-refractivity contribution >= 4 is 18.8 Å². The second-order valence-corrected chi connectivity index (χ2v) is 5.09. The lowest BCUT2D eigenvalue weighted by Crippen LogP contribution is -2.40. The number of thiol groups is 1. The van der Waals surface area contributed by atoms with Gasteiger partial charge >= 0.3 is 6.03 Å². The molecule has 0 radical (unpaired) electrons. The summed E-state index contributed by atoms with van der Waals surface area (Å²) in [5.74, 6) is 0. The van der Waals surface area contributed by atoms with Crippen molar-refractivity contribution in [2.45, 2.75) is 44.7 Å². The van der Waals surface area contributed by atoms with Crippen LogP contribution in [-0.4, -0.2) is 21.4 Å². The van der Waals surface area contributed by atoms with Gasteiger partial charge in [-0.15, -0.1) is 0 Å². The summed E-state index contributed by atoms with van der Waals surface area (Å²) in [7, 11) is 0. The predicted molar refractivity (Wildman–Crippen MR) is 74.2 cm³/mol. The Kier molecular flexibility index (Phi) is 4.87. The minimum Gasteiger partial charge on any atom is -0.333 e. The number of hydrogen-bond acceptors (Lipinski definition) is 3. The standard InChI is InChI=1S/C13H19N3OS/c17-13(15-10-11-5-4-8-14-9-11)16(18)12-6-2-1-3-7-12/h4-5,8-9,12,18H,1-3,6-7,10H2,(H,15,17). The fourth-order valence-electron chi connectivity index (χ4n) is 2.25. The minimum atomic E-state index is -0.117. The van der Waals surface area contributed by atoms with Crippen LogP contribution in [0.2, 0.25) is 0 Å². The van der Waals surface area contributed by atoms with Gasteiger partial charge in [0.2, 0.25) is 0 Å². The van der Waals surface area contributed by atoms with E-state index in [4.69, 9.17) is 0 Å². The number of nitrogens with zero attached hydrogens (tertiary/aromatic N) is 2. The number of aromatic nitrogens is 1. The Hall–Kier alpha value is -1.23. The van der Waals surface area contributed by atoms with Crippen molar-refractivity contribution in [2.75, 3.05) is 0 Å². The molecule has 1 aromatic rings. The molecular weight excluding hydrogens is 246 g/mol. The van der Waals surface area contributed by atoms with Gasteiger partial charge in [-0.1, -0.05) is 38.1 Å². The maximum Gasteiger partial charge on any atom is 0.327 e. The molecule has 0 spiro atoms. The molecule has 2 amide bonds. The largest absolute Gasteiger partial charge is 0.333 e. The summed E-state index contributed by atoms with van der Waals surface area (Å²) >= 11 is 4.32. The van der Waals surface area contributed by atoms with Crippen LogP contribution in [0.5, 0.6) is 0 Å². The molecule has 1 heterocycles. The molecule has 0 unspecified atom stereocenters. The Morgan fingerprint density at radius 3 is 2.89 bits per heavy atom. The molecule has 1 aliphatic carbocycles. The van der Waals surface area contributed by atoms with E-state index in [1.165, 1.54) is 19.3 Å². The van der Waals surface area contributed by atoms with Gasteiger partial charge in [-0.2, -0.15) is 0 Å². The molecule has 18 heavy (non-hydrogen) atoms. The van der Waals surface area contributed by atoms with Crippen molar-refractivity contribution in [1.82, 2.24) is 14.6 Å². The van der Waals surface area contributed by atoms with Crippen LogP contribution in [0.3, 0.4) is 0 Å². The summed E-state index contributed by atoms with van der Waals surface area (Å²) in [5.41, 5.74) is 0.997. The third-order valence-electron chi connectivity index (χ3n) is 3.30. The highest BCUT2D eigenvalue weighted by Crippen LogP contribution is 2.23. The Morgan fingerprint density at radius 2 is 2.22 bits per heavy atom. The van der Waals surface area contributed by atoms with E-state index in [9.17, 15) is 4.79 Å². The van der Waals surface area contributed by atoms with Gasteiger partial charge in [0.25, 0.3) is 0 Å². The summed E-state index contributed by atoms with van der Waals surface area (Å²) in [6, 6.07) is 3.96. The number of hydrogen-bond donors (Lipinski definition) is 2. The van der Waals surface area contributed by atoms with Crippen LogP contribution in [0.15, 0.2) is 24.5 Å². The summed E-state index contributed by atoms with van der Waals surface area (Å²) in [4.78, 5) is 15.9. The van der Waals surface area contributed by atoms with Gasteiger partial charge in [-0.05, 0) is 24.5 Å². The van der Waals surface area contributed by atoms with E-state index in [1.807, 2.05) is 12.1 Å². The lowest BCUT2D eigenvalue weighted by atomic mass is 9.96. The van der Waals surface area contributed by atoms with E-state index >= 15 is 0 Å². The number of rotatable bonds is 3. The van der Waals surface area contributed by atoms with E-state index < -0.39 is 0 Å². The average molecular weight is 265 g/mol. The normalized spacial score (nSPS) is 16.3. The zero-order chi connectivity index (χ0) is 12.8. The second-order valence-electron chi connectivity index (χ2n) is 4.66. The summed E-state index contributed by atoms with van der Waals surface area (Å²) in [6.07, 6.45) is 9.25. The molecule has 1 aromatic heterocycles. The van der Waals surface area contributed by atoms with Crippen molar-refractivity contribution in [1.29, 1.82) is 0 Å². The van der Waals surface area contributed by atoms with Crippen molar-refractivity contribution < 1.29 is 4.79 Å². The van der Waals surface area contributed by atoms with Crippen LogP contribution < -0.4 is 5.32 Å². The Balaban J connectivity index is 1.80. The molecule has 0 aromatic carbocycles. The van der Waals surface area contributed by atoms with Gasteiger partial charge in [0.15, 0.2) is 0 Å². The number of amides is 2. The quantitative estimate of drug-likeness (QED) is 0.825. The zero-order valence-electron chi connectivity index (χ0n) is 10.4. The number of carbonyl (C=O) groups excluding carboxylic acids is 1. The number of urea groups is 1. The zero-order valence-corrected chi connectivity index (χ0v) is 11.3. The third-order valence-corrected chi connectivity index (χ3v) is 3.80. The Labute approximate surface area is 113 Å². The summed E-state index contributed by atoms with van der Waals surface area (Å²) < 4.78 is 1.55. The Morgan fingerprint density at radius 1 is 1.44 bits per heavy atom. The van der Waals surface area contributed by atoms with Crippen molar-refractivity contribution in [2.24, 2.45) is 0 Å². The van der Waals surface area contributed by atoms with E-state index in [-0.39, 0.29) is 12.1 Å². The van der Waals surface area contributed by atoms with Gasteiger partial charge in [-0.3, -0.25) is 9.29 Å². The van der Waals surface area contributed by atoms with Crippen LogP contribution in [0, 0.1) is 0 Å². The van der Waals surface area contributed by atoms with Crippen LogP contribution in [0.1, 0.15) is 37.7 Å². The number of pyridine rings is 1. The molecule has 2 rings (SSSR count). The van der Waals surface area contributed by atoms with Crippen LogP contribution in [0.25, 0.3) is 0 Å². The topological polar surface area (TPSA) is 45.2 Å². The van der Waals surface area contributed by atoms with E-state index in [1.54, 1.807) is 16.7 Å². The lowest BCUT2D eigenvalue weighted by molar-refractivity contribution is 0.206. The highest BCUT2D eigenvalue weighted by molar-refractivity contribution is 7.78. The van der Waals surface area contributed by atoms with Gasteiger partial charge < -0.3 is 5.32 Å². The summed E-state index contributed by atoms with van der Waals surface area (Å²) in [5, 5.41) is 2.87. The number of nitrogens with one attached hydrogen (secondary N) is 1. The van der Waals surface area contributed by atoms with E-state index in [2.05, 4.69) is 23.1 Å². The van der Waals surface area contributed by atoms with Crippen molar-refractivity contribution in [3.05, 3.63) is 30.1 Å². The predicted octanol–water partition coefficient (Wildman–Crippen LogP) is 2.77. The van der Waals surface area contributed by atoms with Crippen molar-refractivity contribution in [3.63, 3.8) is 0 Å². The van der Waals surface area contributed by atoms with Crippen LogP contribution >= 0.6 is 12.8 Å². The minimum absolute atomic E-state index is 0.117. The molecule has 1 saturated carbocycles. The van der Waals surface area contributed by atoms with Gasteiger partial charge in [0, 0.05) is 25.0 Å². The van der Waals surface area contributed by atoms with E-state index in [0.717, 1.165) is 18.4 Å². The van der Waals surface area contributed by atoms with Gasteiger partial charge in [0.1, 0.15) is 0 Å². The second kappa shape index (κ2) is 6.64. The molecule has 0 saturated heterocycles. The maximum absolute atomic E-state index is 11.9. The van der Waals surface area contributed by atoms with Crippen LogP contribution in [-0.2, 0) is 6.54 Å². The first-order chi connectivity index (χ1) is 8.77. The SMILES string of the molecule is O=C(NCc1cccnc1)N(S)C1CCCCC1. The molecule has 4 nitrogen and oxygen atoms in total. The fraction of sp³-hybridized carbons (Fsp3) is 0.538. The highest BCUT2D eigenvalue weighted by atomic mass is 32.1. The first-order valence-electron chi connectivity index (χ1n) is 6.42. The average Bonchev–Trinajstić information content (AvgIpc) is 2.46. The molecule has 5 heteroatoms. The van der Waals surface area contributed by atoms with E-state index in [0.29, 0.717) is 6.54 Å². The van der Waals surface area contributed by atoms with Gasteiger partial charge in [0.05, 0.1) is 0 Å². The highest BCUT2D eigenvalue weighted by Gasteiger charge is 2.22. The molecule has 0 atom stereocenters. The Bertz CT molecular complexity index is 379. The molecule has 0 bridgehead atoms. The first-order valence-corrected chi connectivity index (χ1v) is 6.82. The third kappa shape index (κ3) is 3.63. The van der Waals surface area contributed by atoms with Crippen molar-refractivity contribution in [3.8, 4) is 0 Å². The molecule has 1 fully saturated rings. The lowest BCUT2D eigenvalue weighted by Gasteiger charge is -2.29. The van der Waals surface area contributed by atoms with Gasteiger partial charge in [-0.25, -0.2) is 4.79 Å². The number of carbonyl (C=O) groups is 1. The summed E-state index contributed by atoms with van der Waals surface area (Å²) in [6.45, 7) is 0.496. The molecule has 1 N–H and O–H groups in total. The maximum atomic E-state index is 11.9. The van der Waals surface area contributed by atoms with Crippen LogP contribution in [0.4, 0.5) is 4.79 Å². The first kappa shape index (κ1) is 13.2. The smallest absolute Gasteiger partial charge is 0.327 e. The fourth-order valence-corrected chi connectivity index (χ4v) is 2.55. The molecule has 1 aliphatic rings. The monoisotopic (exact) mass is 265 g/mol. The molecule has 0 aliphatic heterocycles.